The molecule has 1 aromatic rings. The van der Waals surface area contributed by atoms with Crippen LogP contribution in [0.15, 0.2) is 23.1 Å². The number of methoxy groups -OCH3 is 1. The summed E-state index contributed by atoms with van der Waals surface area (Å²) < 4.78 is 33.2. The Morgan fingerprint density at radius 2 is 1.93 bits per heavy atom. The molecule has 8 heteroatoms. The Kier molecular flexibility index (Phi) is 6.73. The second-order valence-electron chi connectivity index (χ2n) is 7.20. The van der Waals surface area contributed by atoms with Gasteiger partial charge in [0, 0.05) is 31.2 Å². The lowest BCUT2D eigenvalue weighted by Crippen LogP contribution is -2.45. The molecule has 2 saturated heterocycles. The Hall–Kier alpha value is -1.64. The molecule has 27 heavy (non-hydrogen) atoms. The number of carbonyl (C=O) groups is 1. The zero-order chi connectivity index (χ0) is 19.3. The van der Waals surface area contributed by atoms with Gasteiger partial charge in [-0.1, -0.05) is 12.8 Å². The van der Waals surface area contributed by atoms with Gasteiger partial charge in [-0.25, -0.2) is 8.42 Å². The van der Waals surface area contributed by atoms with Crippen LogP contribution in [-0.4, -0.2) is 58.0 Å². The number of rotatable bonds is 5. The second kappa shape index (κ2) is 9.03. The summed E-state index contributed by atoms with van der Waals surface area (Å²) in [6, 6.07) is 4.70. The Labute approximate surface area is 161 Å². The fourth-order valence-corrected chi connectivity index (χ4v) is 5.38. The first-order valence-electron chi connectivity index (χ1n) is 9.72. The van der Waals surface area contributed by atoms with Crippen molar-refractivity contribution in [1.29, 1.82) is 0 Å². The molecule has 2 aliphatic heterocycles. The Morgan fingerprint density at radius 1 is 1.19 bits per heavy atom. The maximum absolute atomic E-state index is 13.2. The smallest absolute Gasteiger partial charge is 0.251 e. The highest BCUT2D eigenvalue weighted by Crippen LogP contribution is 2.29. The maximum Gasteiger partial charge on any atom is 0.251 e. The van der Waals surface area contributed by atoms with Crippen molar-refractivity contribution in [3.63, 3.8) is 0 Å². The van der Waals surface area contributed by atoms with Crippen molar-refractivity contribution in [1.82, 2.24) is 14.9 Å². The lowest BCUT2D eigenvalue weighted by Gasteiger charge is -2.24. The number of benzene rings is 1. The average molecular weight is 396 g/mol. The van der Waals surface area contributed by atoms with E-state index in [0.29, 0.717) is 18.7 Å². The molecule has 1 unspecified atom stereocenters. The van der Waals surface area contributed by atoms with Gasteiger partial charge < -0.3 is 15.4 Å². The second-order valence-corrected chi connectivity index (χ2v) is 9.11. The number of piperidine rings is 1. The number of sulfonamides is 1. The van der Waals surface area contributed by atoms with Crippen LogP contribution in [0.4, 0.5) is 0 Å². The molecule has 0 aromatic heterocycles. The van der Waals surface area contributed by atoms with Gasteiger partial charge in [0.25, 0.3) is 5.91 Å². The number of nitrogens with one attached hydrogen (secondary N) is 2. The Balaban J connectivity index is 1.85. The van der Waals surface area contributed by atoms with E-state index in [9.17, 15) is 13.2 Å². The Bertz CT molecular complexity index is 752. The highest BCUT2D eigenvalue weighted by molar-refractivity contribution is 7.89. The summed E-state index contributed by atoms with van der Waals surface area (Å²) in [5.41, 5.74) is 0.342. The van der Waals surface area contributed by atoms with E-state index in [1.54, 1.807) is 12.1 Å². The molecule has 1 atom stereocenters. The average Bonchev–Trinajstić information content (AvgIpc) is 2.98. The van der Waals surface area contributed by atoms with Crippen LogP contribution in [0.5, 0.6) is 5.75 Å². The van der Waals surface area contributed by atoms with Crippen molar-refractivity contribution in [2.45, 2.75) is 49.5 Å². The van der Waals surface area contributed by atoms with Crippen LogP contribution in [0.2, 0.25) is 0 Å². The molecule has 0 aliphatic carbocycles. The molecular formula is C19H29N3O4S. The highest BCUT2D eigenvalue weighted by atomic mass is 32.2. The summed E-state index contributed by atoms with van der Waals surface area (Å²) in [6.45, 7) is 2.72. The van der Waals surface area contributed by atoms with Crippen LogP contribution in [-0.2, 0) is 10.0 Å². The topological polar surface area (TPSA) is 87.7 Å². The van der Waals surface area contributed by atoms with Crippen LogP contribution < -0.4 is 15.4 Å². The van der Waals surface area contributed by atoms with Gasteiger partial charge in [0.1, 0.15) is 10.6 Å². The van der Waals surface area contributed by atoms with Crippen LogP contribution >= 0.6 is 0 Å². The molecule has 1 amide bonds. The third-order valence-corrected chi connectivity index (χ3v) is 7.16. The van der Waals surface area contributed by atoms with E-state index in [0.717, 1.165) is 51.6 Å². The van der Waals surface area contributed by atoms with E-state index in [4.69, 9.17) is 4.74 Å². The summed E-state index contributed by atoms with van der Waals surface area (Å²) in [6.07, 6.45) is 5.74. The van der Waals surface area contributed by atoms with Crippen molar-refractivity contribution in [2.75, 3.05) is 33.3 Å². The van der Waals surface area contributed by atoms with Crippen molar-refractivity contribution in [3.05, 3.63) is 23.8 Å². The number of hydrogen-bond donors (Lipinski definition) is 2. The number of amides is 1. The first-order valence-corrected chi connectivity index (χ1v) is 11.2. The molecule has 0 saturated carbocycles. The van der Waals surface area contributed by atoms with Crippen molar-refractivity contribution < 1.29 is 17.9 Å². The molecular weight excluding hydrogens is 366 g/mol. The number of carbonyl (C=O) groups excluding carboxylic acids is 1. The van der Waals surface area contributed by atoms with E-state index in [1.807, 2.05) is 0 Å². The highest BCUT2D eigenvalue weighted by Gasteiger charge is 2.29. The summed E-state index contributed by atoms with van der Waals surface area (Å²) in [7, 11) is -2.25. The van der Waals surface area contributed by atoms with Gasteiger partial charge in [-0.05, 0) is 50.4 Å². The van der Waals surface area contributed by atoms with Crippen LogP contribution in [0.3, 0.4) is 0 Å². The van der Waals surface area contributed by atoms with Crippen molar-refractivity contribution in [2.24, 2.45) is 0 Å². The lowest BCUT2D eigenvalue weighted by molar-refractivity contribution is 0.0930. The standard InChI is InChI=1S/C19H29N3O4S/c1-26-17-9-8-15(19(23)21-16-7-6-10-20-14-16)13-18(17)27(24,25)22-11-4-2-3-5-12-22/h8-9,13,16,20H,2-7,10-12,14H2,1H3,(H,21,23). The predicted octanol–water partition coefficient (Wildman–Crippen LogP) is 1.74. The van der Waals surface area contributed by atoms with E-state index < -0.39 is 10.0 Å². The van der Waals surface area contributed by atoms with Gasteiger partial charge in [-0.15, -0.1) is 0 Å². The minimum atomic E-state index is -3.70. The molecule has 2 N–H and O–H groups in total. The van der Waals surface area contributed by atoms with Crippen molar-refractivity contribution >= 4 is 15.9 Å². The van der Waals surface area contributed by atoms with E-state index in [1.165, 1.54) is 17.5 Å². The number of ether oxygens (including phenoxy) is 1. The van der Waals surface area contributed by atoms with Gasteiger partial charge in [0.2, 0.25) is 10.0 Å². The molecule has 2 heterocycles. The summed E-state index contributed by atoms with van der Waals surface area (Å²) in [4.78, 5) is 12.7. The molecule has 2 aliphatic rings. The normalized spacial score (nSPS) is 22.0. The maximum atomic E-state index is 13.2. The molecule has 0 bridgehead atoms. The summed E-state index contributed by atoms with van der Waals surface area (Å²) >= 11 is 0. The largest absolute Gasteiger partial charge is 0.495 e. The van der Waals surface area contributed by atoms with E-state index in [2.05, 4.69) is 10.6 Å². The quantitative estimate of drug-likeness (QED) is 0.793. The molecule has 7 nitrogen and oxygen atoms in total. The number of nitrogens with zero attached hydrogens (tertiary/aromatic N) is 1. The third-order valence-electron chi connectivity index (χ3n) is 5.24. The Morgan fingerprint density at radius 3 is 2.56 bits per heavy atom. The zero-order valence-electron chi connectivity index (χ0n) is 15.9. The minimum Gasteiger partial charge on any atom is -0.495 e. The monoisotopic (exact) mass is 395 g/mol. The SMILES string of the molecule is COc1ccc(C(=O)NC2CCCNC2)cc1S(=O)(=O)N1CCCCCC1. The van der Waals surface area contributed by atoms with Crippen LogP contribution in [0.25, 0.3) is 0 Å². The molecule has 1 aromatic carbocycles. The first-order chi connectivity index (χ1) is 13.0. The first kappa shape index (κ1) is 20.1. The van der Waals surface area contributed by atoms with Gasteiger partial charge in [-0.3, -0.25) is 4.79 Å². The van der Waals surface area contributed by atoms with E-state index in [-0.39, 0.29) is 22.6 Å². The summed E-state index contributed by atoms with van der Waals surface area (Å²) in [5, 5.41) is 6.25. The number of hydrogen-bond acceptors (Lipinski definition) is 5. The lowest BCUT2D eigenvalue weighted by atomic mass is 10.1. The van der Waals surface area contributed by atoms with Crippen LogP contribution in [0, 0.1) is 0 Å². The van der Waals surface area contributed by atoms with Crippen molar-refractivity contribution in [3.8, 4) is 5.75 Å². The molecule has 0 radical (unpaired) electrons. The summed E-state index contributed by atoms with van der Waals surface area (Å²) in [5.74, 6) is 0.0220. The molecule has 0 spiro atoms. The third kappa shape index (κ3) is 4.80. The fraction of sp³-hybridized carbons (Fsp3) is 0.632. The van der Waals surface area contributed by atoms with Gasteiger partial charge in [0.15, 0.2) is 0 Å². The van der Waals surface area contributed by atoms with Crippen LogP contribution in [0.1, 0.15) is 48.9 Å². The predicted molar refractivity (Wildman–Crippen MR) is 104 cm³/mol. The molecule has 150 valence electrons. The minimum absolute atomic E-state index is 0.0685. The van der Waals surface area contributed by atoms with Gasteiger partial charge in [-0.2, -0.15) is 4.31 Å². The molecule has 2 fully saturated rings. The zero-order valence-corrected chi connectivity index (χ0v) is 16.7. The van der Waals surface area contributed by atoms with Gasteiger partial charge >= 0.3 is 0 Å². The van der Waals surface area contributed by atoms with Gasteiger partial charge in [0.05, 0.1) is 7.11 Å². The van der Waals surface area contributed by atoms with E-state index >= 15 is 0 Å². The molecule has 3 rings (SSSR count). The fourth-order valence-electron chi connectivity index (χ4n) is 3.68.